The Morgan fingerprint density at radius 2 is 0.549 bits per heavy atom. The van der Waals surface area contributed by atoms with Gasteiger partial charge in [0.1, 0.15) is 51.8 Å². The van der Waals surface area contributed by atoms with E-state index < -0.39 is 0 Å². The minimum Gasteiger partial charge on any atom is -0.497 e. The Morgan fingerprint density at radius 1 is 0.271 bits per heavy atom. The molecule has 15 aromatic rings. The fraction of sp³-hybridized carbons (Fsp3) is 0.299. The number of methoxy groups -OCH3 is 6. The number of benzene rings is 10. The second-order valence-electron chi connectivity index (χ2n) is 34.2. The second kappa shape index (κ2) is 42.4. The molecule has 5 aliphatic rings. The largest absolute Gasteiger partial charge is 0.497 e. The Bertz CT molecular complexity index is 6930. The van der Waals surface area contributed by atoms with Crippen molar-refractivity contribution in [2.24, 2.45) is 0 Å². The summed E-state index contributed by atoms with van der Waals surface area (Å²) in [6, 6.07) is 76.8. The van der Waals surface area contributed by atoms with E-state index in [4.69, 9.17) is 50.5 Å². The Morgan fingerprint density at radius 3 is 0.850 bits per heavy atom. The smallest absolute Gasteiger partial charge is 0.344 e. The Hall–Kier alpha value is -14.2. The van der Waals surface area contributed by atoms with Crippen LogP contribution in [0.25, 0.3) is 110 Å². The van der Waals surface area contributed by atoms with Crippen molar-refractivity contribution in [1.82, 2.24) is 26.2 Å². The van der Waals surface area contributed by atoms with Gasteiger partial charge in [-0.25, -0.2) is 24.0 Å². The molecule has 26 nitrogen and oxygen atoms in total. The van der Waals surface area contributed by atoms with Crippen LogP contribution in [0.4, 0.5) is 28.4 Å². The maximum atomic E-state index is 12.8. The number of rotatable bonds is 16. The van der Waals surface area contributed by atoms with Crippen LogP contribution in [-0.2, 0) is 0 Å². The lowest BCUT2D eigenvalue weighted by molar-refractivity contribution is 0.313. The molecule has 26 heteroatoms. The molecule has 20 rings (SSSR count). The van der Waals surface area contributed by atoms with Crippen LogP contribution in [0.5, 0.6) is 34.5 Å². The average Bonchev–Trinajstić information content (AvgIpc) is 1.21. The molecule has 5 saturated heterocycles. The highest BCUT2D eigenvalue weighted by Gasteiger charge is 2.26. The fourth-order valence-corrected chi connectivity index (χ4v) is 17.8. The van der Waals surface area contributed by atoms with Gasteiger partial charge < -0.3 is 101 Å². The van der Waals surface area contributed by atoms with Crippen molar-refractivity contribution < 1.29 is 50.5 Å². The first-order valence-electron chi connectivity index (χ1n) is 45.2. The molecule has 4 atom stereocenters. The van der Waals surface area contributed by atoms with Crippen molar-refractivity contribution in [2.75, 3.05) is 179 Å². The third-order valence-electron chi connectivity index (χ3n) is 24.7. The first-order chi connectivity index (χ1) is 64.6. The molecule has 10 heterocycles. The highest BCUT2D eigenvalue weighted by molar-refractivity contribution is 5.92. The number of anilines is 5. The van der Waals surface area contributed by atoms with E-state index in [2.05, 4.69) is 116 Å². The van der Waals surface area contributed by atoms with Gasteiger partial charge in [0.15, 0.2) is 11.5 Å². The van der Waals surface area contributed by atoms with Gasteiger partial charge in [0.25, 0.3) is 0 Å². The molecule has 4 N–H and O–H groups in total. The van der Waals surface area contributed by atoms with Crippen LogP contribution in [0.15, 0.2) is 283 Å². The van der Waals surface area contributed by atoms with E-state index >= 15 is 0 Å². The zero-order valence-electron chi connectivity index (χ0n) is 77.1. The average molecular weight is 1800 g/mol. The van der Waals surface area contributed by atoms with Gasteiger partial charge in [-0.1, -0.05) is 78.9 Å². The number of fused-ring (bicyclic) bond motifs is 5. The van der Waals surface area contributed by atoms with E-state index in [0.29, 0.717) is 91.4 Å². The first kappa shape index (κ1) is 92.1. The minimum atomic E-state index is -0.342. The standard InChI is InChI=1S/C23H26N2O4.C22H24N2O3.2C21H22N2O3.C20H20N2O3/c1-14-12-25(13-15(2)24-14)18-7-5-16-9-21(29-23(26)19(16)11-18)17-6-8-20(27-3)22(10-17)28-4;1-14-12-24(13-15(2)23-14)18-8-7-16-10-21(27-22(25)20(16)11-18)17-5-4-6-19(9-17)26-3;1-22-8-10-23(11-9-22)17-7-6-15-13-20(26-21(24)19(15)14-17)16-4-3-5-18(12-16)25-2;1-25-18-5-2-4-16(12-18)20-13-15-6-7-17(14-19(15)21(24)26-20)23-10-3-8-22-9-11-23;1-24-17-4-2-3-15(11-17)19-12-14-5-6-16(13-18(14)20(23)25-19)22-9-7-21-8-10-22/h5-11,14-15,24H,12-13H2,1-4H3;4-11,14-15,23H,12-13H2,1-3H3;3-7,12-14H,8-11H2,1-2H3;2,4-7,12-14,22H,3,8-11H2,1H3;2-6,11-13,21H,7-10H2,1H3/t2*14-,15+;;;. The van der Waals surface area contributed by atoms with Crippen LogP contribution >= 0.6 is 0 Å². The Kier molecular flexibility index (Phi) is 29.4. The van der Waals surface area contributed by atoms with Gasteiger partial charge in [0.2, 0.25) is 0 Å². The van der Waals surface area contributed by atoms with Crippen molar-refractivity contribution >= 4 is 82.3 Å². The third kappa shape index (κ3) is 22.2. The van der Waals surface area contributed by atoms with Gasteiger partial charge in [0.05, 0.1) is 69.6 Å². The molecule has 0 saturated carbocycles. The molecule has 0 amide bonds. The monoisotopic (exact) mass is 1790 g/mol. The predicted octanol–water partition coefficient (Wildman–Crippen LogP) is 16.7. The van der Waals surface area contributed by atoms with Gasteiger partial charge in [-0.15, -0.1) is 0 Å². The third-order valence-corrected chi connectivity index (χ3v) is 24.7. The van der Waals surface area contributed by atoms with Crippen LogP contribution in [0.2, 0.25) is 0 Å². The quantitative estimate of drug-likeness (QED) is 0.0700. The van der Waals surface area contributed by atoms with Gasteiger partial charge in [-0.3, -0.25) is 0 Å². The van der Waals surface area contributed by atoms with Crippen molar-refractivity contribution in [3.8, 4) is 91.1 Å². The summed E-state index contributed by atoms with van der Waals surface area (Å²) in [7, 11) is 11.8. The van der Waals surface area contributed by atoms with Crippen molar-refractivity contribution in [3.63, 3.8) is 0 Å². The maximum Gasteiger partial charge on any atom is 0.344 e. The lowest BCUT2D eigenvalue weighted by Gasteiger charge is -2.37. The normalized spacial score (nSPS) is 17.0. The highest BCUT2D eigenvalue weighted by Crippen LogP contribution is 2.37. The van der Waals surface area contributed by atoms with Crippen molar-refractivity contribution in [2.45, 2.75) is 58.3 Å². The van der Waals surface area contributed by atoms with E-state index in [-0.39, 0.29) is 28.1 Å². The van der Waals surface area contributed by atoms with Crippen LogP contribution in [0.1, 0.15) is 34.1 Å². The van der Waals surface area contributed by atoms with Gasteiger partial charge in [-0.2, -0.15) is 0 Å². The minimum absolute atomic E-state index is 0.309. The van der Waals surface area contributed by atoms with E-state index in [9.17, 15) is 24.0 Å². The molecule has 0 spiro atoms. The molecule has 10 aromatic carbocycles. The van der Waals surface area contributed by atoms with Crippen molar-refractivity contribution in [3.05, 3.63) is 289 Å². The summed E-state index contributed by atoms with van der Waals surface area (Å²) in [4.78, 5) is 77.0. The lowest BCUT2D eigenvalue weighted by atomic mass is 10.1. The SMILES string of the molecule is COc1ccc(-c2cc3ccc(N4C[C@@H](C)N[C@@H](C)C4)cc3c(=O)o2)cc1OC.COc1cccc(-c2cc3ccc(N4CCCNCC4)cc3c(=O)o2)c1.COc1cccc(-c2cc3ccc(N4CCN(C)CC4)cc3c(=O)o2)c1.COc1cccc(-c2cc3ccc(N4CCNCC4)cc3c(=O)o2)c1.COc1cccc(-c2cc3ccc(N4C[C@@H](C)N[C@@H](C)C4)cc3c(=O)o2)c1. The molecule has 0 unspecified atom stereocenters. The summed E-state index contributed by atoms with van der Waals surface area (Å²) >= 11 is 0. The van der Waals surface area contributed by atoms with Crippen LogP contribution in [0.3, 0.4) is 0 Å². The van der Waals surface area contributed by atoms with Crippen LogP contribution < -0.4 is 102 Å². The summed E-state index contributed by atoms with van der Waals surface area (Å²) in [5.74, 6) is 6.83. The number of ether oxygens (including phenoxy) is 6. The summed E-state index contributed by atoms with van der Waals surface area (Å²) in [5, 5.41) is 21.2. The summed E-state index contributed by atoms with van der Waals surface area (Å²) < 4.78 is 59.7. The van der Waals surface area contributed by atoms with Crippen LogP contribution in [-0.4, -0.2) is 183 Å². The molecule has 0 aliphatic carbocycles. The van der Waals surface area contributed by atoms with E-state index in [1.165, 1.54) is 0 Å². The second-order valence-corrected chi connectivity index (χ2v) is 34.2. The van der Waals surface area contributed by atoms with E-state index in [0.717, 1.165) is 217 Å². The lowest BCUT2D eigenvalue weighted by Crippen LogP contribution is -2.54. The molecule has 133 heavy (non-hydrogen) atoms. The van der Waals surface area contributed by atoms with Crippen molar-refractivity contribution in [1.29, 1.82) is 0 Å². The number of hydrogen-bond donors (Lipinski definition) is 4. The van der Waals surface area contributed by atoms with E-state index in [1.807, 2.05) is 194 Å². The van der Waals surface area contributed by atoms with Gasteiger partial charge in [-0.05, 0) is 232 Å². The molecular weight excluding hydrogens is 1680 g/mol. The summed E-state index contributed by atoms with van der Waals surface area (Å²) in [5.41, 5.74) is 7.78. The van der Waals surface area contributed by atoms with Crippen LogP contribution in [0, 0.1) is 0 Å². The zero-order chi connectivity index (χ0) is 92.8. The van der Waals surface area contributed by atoms with E-state index in [1.54, 1.807) is 54.8 Å². The molecule has 5 fully saturated rings. The number of piperazine rings is 4. The summed E-state index contributed by atoms with van der Waals surface area (Å²) in [6.45, 7) is 24.1. The maximum absolute atomic E-state index is 12.8. The molecule has 0 radical (unpaired) electrons. The number of nitrogens with one attached hydrogen (secondary N) is 4. The Balaban J connectivity index is 0.000000121. The molecule has 5 aromatic heterocycles. The predicted molar refractivity (Wildman–Crippen MR) is 532 cm³/mol. The molecule has 0 bridgehead atoms. The summed E-state index contributed by atoms with van der Waals surface area (Å²) in [6.07, 6.45) is 1.10. The number of likely N-dealkylation sites (N-methyl/N-ethyl adjacent to an activating group) is 1. The first-order valence-corrected chi connectivity index (χ1v) is 45.2. The highest BCUT2D eigenvalue weighted by atomic mass is 16.5. The van der Waals surface area contributed by atoms with Gasteiger partial charge in [0, 0.05) is 179 Å². The molecule has 688 valence electrons. The van der Waals surface area contributed by atoms with Gasteiger partial charge >= 0.3 is 28.1 Å². The number of nitrogens with zero attached hydrogens (tertiary/aromatic N) is 6. The number of hydrogen-bond acceptors (Lipinski definition) is 26. The Labute approximate surface area is 771 Å². The zero-order valence-corrected chi connectivity index (χ0v) is 77.1. The fourth-order valence-electron chi connectivity index (χ4n) is 17.8. The molecular formula is C107H114N10O16. The molecule has 5 aliphatic heterocycles. The topological polar surface area (TPSA) is 274 Å².